The number of rotatable bonds is 13. The van der Waals surface area contributed by atoms with Crippen LogP contribution in [0.1, 0.15) is 62.4 Å². The highest BCUT2D eigenvalue weighted by molar-refractivity contribution is 7.89. The number of hydrogen-bond acceptors (Lipinski definition) is 5. The molecule has 0 saturated heterocycles. The second-order valence-electron chi connectivity index (χ2n) is 8.71. The molecule has 196 valence electrons. The van der Waals surface area contributed by atoms with E-state index in [2.05, 4.69) is 4.99 Å². The molecule has 1 aromatic heterocycles. The summed E-state index contributed by atoms with van der Waals surface area (Å²) in [5.41, 5.74) is 2.52. The van der Waals surface area contributed by atoms with E-state index in [1.165, 1.54) is 23.5 Å². The Hall–Kier alpha value is -2.33. The molecule has 0 radical (unpaired) electrons. The number of benzene rings is 2. The number of hydrogen-bond donors (Lipinski definition) is 0. The zero-order valence-corrected chi connectivity index (χ0v) is 23.3. The van der Waals surface area contributed by atoms with Gasteiger partial charge in [0, 0.05) is 31.8 Å². The molecule has 0 spiro atoms. The first-order valence-electron chi connectivity index (χ1n) is 12.7. The Balaban J connectivity index is 1.91. The van der Waals surface area contributed by atoms with Crippen molar-refractivity contribution >= 4 is 37.5 Å². The van der Waals surface area contributed by atoms with E-state index in [4.69, 9.17) is 4.74 Å². The number of amides is 1. The Kier molecular flexibility index (Phi) is 10.4. The number of sulfonamides is 1. The number of carbonyl (C=O) groups excluding carboxylic acids is 1. The number of aromatic nitrogens is 1. The third-order valence-electron chi connectivity index (χ3n) is 6.02. The van der Waals surface area contributed by atoms with Crippen molar-refractivity contribution in [1.82, 2.24) is 8.87 Å². The third-order valence-corrected chi connectivity index (χ3v) is 8.98. The monoisotopic (exact) mass is 531 g/mol. The van der Waals surface area contributed by atoms with E-state index in [-0.39, 0.29) is 4.90 Å². The highest BCUT2D eigenvalue weighted by Crippen LogP contribution is 2.22. The molecule has 1 amide bonds. The van der Waals surface area contributed by atoms with Gasteiger partial charge < -0.3 is 9.30 Å². The van der Waals surface area contributed by atoms with Gasteiger partial charge in [0.15, 0.2) is 4.80 Å². The first kappa shape index (κ1) is 28.2. The molecule has 9 heteroatoms. The van der Waals surface area contributed by atoms with Gasteiger partial charge >= 0.3 is 0 Å². The highest BCUT2D eigenvalue weighted by atomic mass is 32.2. The van der Waals surface area contributed by atoms with Crippen LogP contribution >= 0.6 is 11.3 Å². The summed E-state index contributed by atoms with van der Waals surface area (Å²) in [7, 11) is -3.61. The minimum atomic E-state index is -3.61. The van der Waals surface area contributed by atoms with Crippen molar-refractivity contribution in [3.05, 3.63) is 58.4 Å². The van der Waals surface area contributed by atoms with Gasteiger partial charge in [0.1, 0.15) is 0 Å². The summed E-state index contributed by atoms with van der Waals surface area (Å²) in [4.78, 5) is 18.3. The van der Waals surface area contributed by atoms with Gasteiger partial charge in [0.2, 0.25) is 10.0 Å². The lowest BCUT2D eigenvalue weighted by molar-refractivity contribution is 0.0996. The molecular weight excluding hydrogens is 494 g/mol. The minimum absolute atomic E-state index is 0.204. The second-order valence-corrected chi connectivity index (χ2v) is 11.7. The van der Waals surface area contributed by atoms with Crippen molar-refractivity contribution in [2.75, 3.05) is 26.3 Å². The summed E-state index contributed by atoms with van der Waals surface area (Å²) < 4.78 is 36.6. The average molecular weight is 532 g/mol. The number of thiazole rings is 1. The number of ether oxygens (including phenoxy) is 1. The van der Waals surface area contributed by atoms with Crippen molar-refractivity contribution in [3.63, 3.8) is 0 Å². The normalized spacial score (nSPS) is 12.6. The second kappa shape index (κ2) is 13.3. The first-order chi connectivity index (χ1) is 17.3. The van der Waals surface area contributed by atoms with E-state index in [0.29, 0.717) is 43.2 Å². The van der Waals surface area contributed by atoms with Crippen LogP contribution in [0.2, 0.25) is 0 Å². The van der Waals surface area contributed by atoms with Crippen LogP contribution in [0, 0.1) is 6.92 Å². The lowest BCUT2D eigenvalue weighted by atomic mass is 10.2. The molecule has 0 aliphatic heterocycles. The van der Waals surface area contributed by atoms with Crippen molar-refractivity contribution < 1.29 is 17.9 Å². The molecule has 0 aliphatic carbocycles. The smallest absolute Gasteiger partial charge is 0.279 e. The predicted octanol–water partition coefficient (Wildman–Crippen LogP) is 5.38. The van der Waals surface area contributed by atoms with Crippen LogP contribution in [0.4, 0.5) is 0 Å². The van der Waals surface area contributed by atoms with Crippen LogP contribution in [0.5, 0.6) is 0 Å². The Morgan fingerprint density at radius 1 is 1.03 bits per heavy atom. The van der Waals surface area contributed by atoms with Gasteiger partial charge in [-0.3, -0.25) is 4.79 Å². The van der Waals surface area contributed by atoms with E-state index in [0.717, 1.165) is 41.5 Å². The Bertz CT molecular complexity index is 1320. The predicted molar refractivity (Wildman–Crippen MR) is 146 cm³/mol. The van der Waals surface area contributed by atoms with Gasteiger partial charge in [-0.25, -0.2) is 8.42 Å². The lowest BCUT2D eigenvalue weighted by Gasteiger charge is -2.22. The van der Waals surface area contributed by atoms with Crippen LogP contribution in [0.25, 0.3) is 10.2 Å². The number of para-hydroxylation sites is 1. The zero-order chi connectivity index (χ0) is 26.1. The maximum atomic E-state index is 13.2. The number of aryl methyl sites for hydroxylation is 1. The van der Waals surface area contributed by atoms with E-state index < -0.39 is 15.9 Å². The molecule has 0 saturated carbocycles. The van der Waals surface area contributed by atoms with Gasteiger partial charge in [-0.15, -0.1) is 0 Å². The average Bonchev–Trinajstić information content (AvgIpc) is 3.22. The van der Waals surface area contributed by atoms with Gasteiger partial charge in [-0.1, -0.05) is 50.2 Å². The molecule has 0 aliphatic rings. The SMILES string of the molecule is CCCCN(CCCC)S(=O)(=O)c1ccc(C(=O)N=c2sc3cccc(C)c3n2CCOCC)cc1. The minimum Gasteiger partial charge on any atom is -0.380 e. The Morgan fingerprint density at radius 2 is 1.69 bits per heavy atom. The molecule has 7 nitrogen and oxygen atoms in total. The highest BCUT2D eigenvalue weighted by Gasteiger charge is 2.23. The largest absolute Gasteiger partial charge is 0.380 e. The quantitative estimate of drug-likeness (QED) is 0.277. The lowest BCUT2D eigenvalue weighted by Crippen LogP contribution is -2.33. The van der Waals surface area contributed by atoms with E-state index >= 15 is 0 Å². The van der Waals surface area contributed by atoms with Crippen LogP contribution in [-0.4, -0.2) is 49.5 Å². The van der Waals surface area contributed by atoms with Gasteiger partial charge in [0.25, 0.3) is 5.91 Å². The fourth-order valence-corrected chi connectivity index (χ4v) is 6.64. The summed E-state index contributed by atoms with van der Waals surface area (Å²) in [5.74, 6) is -0.401. The summed E-state index contributed by atoms with van der Waals surface area (Å²) in [5, 5.41) is 0. The summed E-state index contributed by atoms with van der Waals surface area (Å²) in [6, 6.07) is 12.2. The standard InChI is InChI=1S/C27H37N3O4S2/c1-5-8-17-29(18-9-6-2)36(32,33)23-15-13-22(14-16-23)26(31)28-27-30(19-20-34-7-3)25-21(4)11-10-12-24(25)35-27/h10-16H,5-9,17-20H2,1-4H3. The van der Waals surface area contributed by atoms with E-state index in [9.17, 15) is 13.2 Å². The molecule has 0 bridgehead atoms. The third kappa shape index (κ3) is 6.70. The van der Waals surface area contributed by atoms with Crippen LogP contribution in [0.3, 0.4) is 0 Å². The van der Waals surface area contributed by atoms with Crippen LogP contribution in [0.15, 0.2) is 52.4 Å². The Labute approximate surface area is 218 Å². The molecule has 3 rings (SSSR count). The molecule has 1 heterocycles. The molecule has 0 unspecified atom stereocenters. The van der Waals surface area contributed by atoms with Gasteiger partial charge in [0.05, 0.1) is 21.7 Å². The van der Waals surface area contributed by atoms with Crippen LogP contribution in [-0.2, 0) is 21.3 Å². The number of unbranched alkanes of at least 4 members (excludes halogenated alkanes) is 2. The Morgan fingerprint density at radius 3 is 2.31 bits per heavy atom. The summed E-state index contributed by atoms with van der Waals surface area (Å²) >= 11 is 1.46. The van der Waals surface area contributed by atoms with E-state index in [1.54, 1.807) is 16.4 Å². The maximum absolute atomic E-state index is 13.2. The molecule has 0 atom stereocenters. The van der Waals surface area contributed by atoms with Crippen molar-refractivity contribution in [2.45, 2.75) is 64.8 Å². The zero-order valence-electron chi connectivity index (χ0n) is 21.7. The fraction of sp³-hybridized carbons (Fsp3) is 0.481. The van der Waals surface area contributed by atoms with Crippen molar-refractivity contribution in [2.24, 2.45) is 4.99 Å². The van der Waals surface area contributed by atoms with Crippen LogP contribution < -0.4 is 4.80 Å². The fourth-order valence-electron chi connectivity index (χ4n) is 3.99. The topological polar surface area (TPSA) is 81.0 Å². The molecule has 0 fully saturated rings. The van der Waals surface area contributed by atoms with Crippen molar-refractivity contribution in [1.29, 1.82) is 0 Å². The first-order valence-corrected chi connectivity index (χ1v) is 14.9. The van der Waals surface area contributed by atoms with Gasteiger partial charge in [-0.2, -0.15) is 9.30 Å². The molecular formula is C27H37N3O4S2. The van der Waals surface area contributed by atoms with Crippen molar-refractivity contribution in [3.8, 4) is 0 Å². The number of fused-ring (bicyclic) bond motifs is 1. The van der Waals surface area contributed by atoms with Gasteiger partial charge in [-0.05, 0) is 62.6 Å². The molecule has 0 N–H and O–H groups in total. The molecule has 2 aromatic carbocycles. The summed E-state index contributed by atoms with van der Waals surface area (Å²) in [6.07, 6.45) is 3.48. The maximum Gasteiger partial charge on any atom is 0.279 e. The summed E-state index contributed by atoms with van der Waals surface area (Å²) in [6.45, 7) is 10.8. The van der Waals surface area contributed by atoms with E-state index in [1.807, 2.05) is 50.5 Å². The number of nitrogens with zero attached hydrogens (tertiary/aromatic N) is 3. The molecule has 3 aromatic rings. The molecule has 36 heavy (non-hydrogen) atoms. The number of carbonyl (C=O) groups is 1.